The lowest BCUT2D eigenvalue weighted by Crippen LogP contribution is -2.57. The van der Waals surface area contributed by atoms with E-state index in [4.69, 9.17) is 0 Å². The van der Waals surface area contributed by atoms with Crippen molar-refractivity contribution < 1.29 is 9.59 Å². The highest BCUT2D eigenvalue weighted by molar-refractivity contribution is 5.98. The van der Waals surface area contributed by atoms with Gasteiger partial charge in [-0.2, -0.15) is 0 Å². The van der Waals surface area contributed by atoms with Gasteiger partial charge in [0.15, 0.2) is 0 Å². The van der Waals surface area contributed by atoms with E-state index in [1.54, 1.807) is 30.2 Å². The van der Waals surface area contributed by atoms with Crippen molar-refractivity contribution in [3.8, 4) is 0 Å². The number of nitrogens with zero attached hydrogens (tertiary/aromatic N) is 2. The largest absolute Gasteiger partial charge is 0.353 e. The van der Waals surface area contributed by atoms with Crippen molar-refractivity contribution in [2.45, 2.75) is 26.3 Å². The Kier molecular flexibility index (Phi) is 3.60. The average molecular weight is 247 g/mol. The summed E-state index contributed by atoms with van der Waals surface area (Å²) < 4.78 is 0. The van der Waals surface area contributed by atoms with Crippen LogP contribution in [0.3, 0.4) is 0 Å². The van der Waals surface area contributed by atoms with Crippen molar-refractivity contribution in [1.29, 1.82) is 0 Å². The summed E-state index contributed by atoms with van der Waals surface area (Å²) in [5.74, 6) is -0.180. The van der Waals surface area contributed by atoms with Crippen molar-refractivity contribution in [3.63, 3.8) is 0 Å². The first kappa shape index (κ1) is 12.5. The molecule has 18 heavy (non-hydrogen) atoms. The highest BCUT2D eigenvalue weighted by Gasteiger charge is 2.32. The van der Waals surface area contributed by atoms with Crippen LogP contribution in [0.1, 0.15) is 29.4 Å². The predicted octanol–water partition coefficient (Wildman–Crippen LogP) is 0.741. The highest BCUT2D eigenvalue weighted by Crippen LogP contribution is 2.15. The molecule has 5 nitrogen and oxygen atoms in total. The molecule has 1 aliphatic heterocycles. The van der Waals surface area contributed by atoms with E-state index < -0.39 is 0 Å². The number of piperazine rings is 1. The summed E-state index contributed by atoms with van der Waals surface area (Å²) in [7, 11) is 0. The molecule has 5 heteroatoms. The minimum atomic E-state index is -0.370. The fourth-order valence-electron chi connectivity index (χ4n) is 2.23. The van der Waals surface area contributed by atoms with Gasteiger partial charge in [0, 0.05) is 25.0 Å². The number of pyridine rings is 1. The average Bonchev–Trinajstić information content (AvgIpc) is 2.38. The molecular weight excluding hydrogens is 230 g/mol. The number of nitrogens with one attached hydrogen (secondary N) is 1. The van der Waals surface area contributed by atoms with Crippen LogP contribution >= 0.6 is 0 Å². The highest BCUT2D eigenvalue weighted by atomic mass is 16.2. The Balaban J connectivity index is 2.27. The van der Waals surface area contributed by atoms with Crippen LogP contribution in [-0.4, -0.2) is 40.8 Å². The number of hydrogen-bond donors (Lipinski definition) is 1. The van der Waals surface area contributed by atoms with Crippen LogP contribution in [0.4, 0.5) is 0 Å². The van der Waals surface area contributed by atoms with Crippen molar-refractivity contribution in [3.05, 3.63) is 29.6 Å². The Bertz CT molecular complexity index is 473. The van der Waals surface area contributed by atoms with Crippen LogP contribution in [0.15, 0.2) is 18.3 Å². The van der Waals surface area contributed by atoms with Gasteiger partial charge in [-0.05, 0) is 25.5 Å². The molecule has 1 atom stereocenters. The minimum Gasteiger partial charge on any atom is -0.353 e. The van der Waals surface area contributed by atoms with Crippen molar-refractivity contribution in [2.75, 3.05) is 13.1 Å². The fraction of sp³-hybridized carbons (Fsp3) is 0.462. The molecule has 2 amide bonds. The number of carbonyl (C=O) groups excluding carboxylic acids is 2. The summed E-state index contributed by atoms with van der Waals surface area (Å²) in [6.07, 6.45) is 2.28. The van der Waals surface area contributed by atoms with Gasteiger partial charge in [0.05, 0.1) is 5.56 Å². The molecule has 1 aliphatic rings. The fourth-order valence-corrected chi connectivity index (χ4v) is 2.23. The van der Waals surface area contributed by atoms with Crippen molar-refractivity contribution >= 4 is 11.8 Å². The van der Waals surface area contributed by atoms with E-state index in [0.29, 0.717) is 30.8 Å². The van der Waals surface area contributed by atoms with E-state index in [9.17, 15) is 9.59 Å². The standard InChI is InChI=1S/C13H17N3O2/c1-3-11-12(17)15-7-8-16(11)13(18)10-5-4-6-14-9(10)2/h4-6,11H,3,7-8H2,1-2H3,(H,15,17). The second-order valence-electron chi connectivity index (χ2n) is 4.35. The van der Waals surface area contributed by atoms with E-state index >= 15 is 0 Å². The second-order valence-corrected chi connectivity index (χ2v) is 4.35. The molecule has 1 aromatic rings. The van der Waals surface area contributed by atoms with Gasteiger partial charge in [-0.15, -0.1) is 0 Å². The summed E-state index contributed by atoms with van der Waals surface area (Å²) in [6.45, 7) is 4.78. The van der Waals surface area contributed by atoms with Crippen molar-refractivity contribution in [2.24, 2.45) is 0 Å². The number of hydrogen-bond acceptors (Lipinski definition) is 3. The number of aryl methyl sites for hydroxylation is 1. The smallest absolute Gasteiger partial charge is 0.256 e. The quantitative estimate of drug-likeness (QED) is 0.838. The van der Waals surface area contributed by atoms with E-state index in [1.165, 1.54) is 0 Å². The van der Waals surface area contributed by atoms with Gasteiger partial charge in [-0.25, -0.2) is 0 Å². The van der Waals surface area contributed by atoms with Gasteiger partial charge in [-0.1, -0.05) is 6.92 Å². The summed E-state index contributed by atoms with van der Waals surface area (Å²) in [4.78, 5) is 29.9. The van der Waals surface area contributed by atoms with Gasteiger partial charge in [0.25, 0.3) is 5.91 Å². The lowest BCUT2D eigenvalue weighted by atomic mass is 10.1. The third kappa shape index (κ3) is 2.20. The molecule has 1 saturated heterocycles. The first-order valence-electron chi connectivity index (χ1n) is 6.15. The van der Waals surface area contributed by atoms with Crippen LogP contribution in [0.25, 0.3) is 0 Å². The summed E-state index contributed by atoms with van der Waals surface area (Å²) in [5, 5.41) is 2.79. The zero-order valence-electron chi connectivity index (χ0n) is 10.6. The summed E-state index contributed by atoms with van der Waals surface area (Å²) >= 11 is 0. The lowest BCUT2D eigenvalue weighted by molar-refractivity contribution is -0.127. The van der Waals surface area contributed by atoms with E-state index in [0.717, 1.165) is 0 Å². The first-order valence-corrected chi connectivity index (χ1v) is 6.15. The third-order valence-corrected chi connectivity index (χ3v) is 3.22. The van der Waals surface area contributed by atoms with Crippen molar-refractivity contribution in [1.82, 2.24) is 15.2 Å². The monoisotopic (exact) mass is 247 g/mol. The van der Waals surface area contributed by atoms with Gasteiger partial charge in [0.1, 0.15) is 6.04 Å². The van der Waals surface area contributed by atoms with Crippen LogP contribution < -0.4 is 5.32 Å². The lowest BCUT2D eigenvalue weighted by Gasteiger charge is -2.34. The van der Waals surface area contributed by atoms with Crippen LogP contribution in [-0.2, 0) is 4.79 Å². The Labute approximate surface area is 106 Å². The molecule has 2 heterocycles. The zero-order valence-corrected chi connectivity index (χ0v) is 10.6. The van der Waals surface area contributed by atoms with Crippen LogP contribution in [0.5, 0.6) is 0 Å². The maximum Gasteiger partial charge on any atom is 0.256 e. The number of amides is 2. The van der Waals surface area contributed by atoms with Gasteiger partial charge < -0.3 is 10.2 Å². The summed E-state index contributed by atoms with van der Waals surface area (Å²) in [6, 6.07) is 3.13. The Morgan fingerprint density at radius 2 is 2.39 bits per heavy atom. The second kappa shape index (κ2) is 5.16. The van der Waals surface area contributed by atoms with Gasteiger partial charge in [-0.3, -0.25) is 14.6 Å². The molecule has 1 unspecified atom stereocenters. The van der Waals surface area contributed by atoms with E-state index in [2.05, 4.69) is 10.3 Å². The molecule has 0 saturated carbocycles. The topological polar surface area (TPSA) is 62.3 Å². The number of rotatable bonds is 2. The molecule has 0 spiro atoms. The first-order chi connectivity index (χ1) is 8.65. The molecule has 1 aromatic heterocycles. The number of aromatic nitrogens is 1. The molecule has 2 rings (SSSR count). The maximum atomic E-state index is 12.4. The molecule has 0 aliphatic carbocycles. The number of carbonyl (C=O) groups is 2. The molecular formula is C13H17N3O2. The van der Waals surface area contributed by atoms with Crippen LogP contribution in [0.2, 0.25) is 0 Å². The molecule has 0 aromatic carbocycles. The normalized spacial score (nSPS) is 19.6. The molecule has 96 valence electrons. The van der Waals surface area contributed by atoms with Gasteiger partial charge in [0.2, 0.25) is 5.91 Å². The van der Waals surface area contributed by atoms with E-state index in [-0.39, 0.29) is 17.9 Å². The molecule has 1 N–H and O–H groups in total. The predicted molar refractivity (Wildman–Crippen MR) is 67.1 cm³/mol. The Hall–Kier alpha value is -1.91. The molecule has 1 fully saturated rings. The maximum absolute atomic E-state index is 12.4. The molecule has 0 bridgehead atoms. The zero-order chi connectivity index (χ0) is 13.1. The van der Waals surface area contributed by atoms with Gasteiger partial charge >= 0.3 is 0 Å². The van der Waals surface area contributed by atoms with E-state index in [1.807, 2.05) is 6.92 Å². The summed E-state index contributed by atoms with van der Waals surface area (Å²) in [5.41, 5.74) is 1.27. The SMILES string of the molecule is CCC1C(=O)NCCN1C(=O)c1cccnc1C. The molecule has 0 radical (unpaired) electrons. The van der Waals surface area contributed by atoms with Crippen LogP contribution in [0, 0.1) is 6.92 Å². The minimum absolute atomic E-state index is 0.0707. The Morgan fingerprint density at radius 3 is 3.06 bits per heavy atom. The third-order valence-electron chi connectivity index (χ3n) is 3.22. The Morgan fingerprint density at radius 1 is 1.61 bits per heavy atom.